The van der Waals surface area contributed by atoms with Gasteiger partial charge in [0.05, 0.1) is 33.9 Å². The predicted molar refractivity (Wildman–Crippen MR) is 96.0 cm³/mol. The number of pyridine rings is 1. The molecule has 0 bridgehead atoms. The normalized spacial score (nSPS) is 10.9. The molecular formula is C16H13ClN4O7. The number of nitro groups is 1. The van der Waals surface area contributed by atoms with E-state index in [9.17, 15) is 25.2 Å². The van der Waals surface area contributed by atoms with Crippen molar-refractivity contribution in [2.75, 3.05) is 7.11 Å². The van der Waals surface area contributed by atoms with Gasteiger partial charge in [-0.1, -0.05) is 16.8 Å². The van der Waals surface area contributed by atoms with Gasteiger partial charge in [-0.15, -0.1) is 0 Å². The van der Waals surface area contributed by atoms with Crippen LogP contribution in [0.25, 0.3) is 22.8 Å². The van der Waals surface area contributed by atoms with Crippen LogP contribution in [0.4, 0.5) is 5.69 Å². The van der Waals surface area contributed by atoms with E-state index >= 15 is 0 Å². The van der Waals surface area contributed by atoms with Crippen LogP contribution in [0.5, 0.6) is 11.5 Å². The summed E-state index contributed by atoms with van der Waals surface area (Å²) in [6.07, 6.45) is 0. The van der Waals surface area contributed by atoms with Gasteiger partial charge in [0.1, 0.15) is 0 Å². The topological polar surface area (TPSA) is 154 Å². The summed E-state index contributed by atoms with van der Waals surface area (Å²) in [7, 11) is 1.23. The number of phenolic OH excluding ortho intramolecular Hbond substituents is 1. The summed E-state index contributed by atoms with van der Waals surface area (Å²) >= 11 is 6.12. The van der Waals surface area contributed by atoms with Crippen LogP contribution in [0.15, 0.2) is 21.5 Å². The molecular weight excluding hydrogens is 396 g/mol. The van der Waals surface area contributed by atoms with Crippen molar-refractivity contribution in [2.24, 2.45) is 0 Å². The van der Waals surface area contributed by atoms with E-state index in [1.807, 2.05) is 0 Å². The van der Waals surface area contributed by atoms with Crippen LogP contribution in [0, 0.1) is 24.0 Å². The van der Waals surface area contributed by atoms with Crippen LogP contribution in [-0.2, 0) is 0 Å². The zero-order valence-corrected chi connectivity index (χ0v) is 15.5. The van der Waals surface area contributed by atoms with Gasteiger partial charge in [-0.3, -0.25) is 14.9 Å². The molecule has 0 radical (unpaired) electrons. The number of aromatic hydroxyl groups is 1. The first kappa shape index (κ1) is 19.2. The molecule has 3 aromatic rings. The molecule has 0 spiro atoms. The number of rotatable bonds is 4. The molecule has 0 aliphatic carbocycles. The number of nitro benzene ring substituents is 1. The summed E-state index contributed by atoms with van der Waals surface area (Å²) in [5, 5.41) is 34.7. The lowest BCUT2D eigenvalue weighted by molar-refractivity contribution is -0.385. The van der Waals surface area contributed by atoms with Gasteiger partial charge in [0.2, 0.25) is 11.6 Å². The molecule has 0 fully saturated rings. The molecule has 0 amide bonds. The molecule has 2 heterocycles. The Morgan fingerprint density at radius 2 is 2.04 bits per heavy atom. The van der Waals surface area contributed by atoms with Crippen molar-refractivity contribution in [2.45, 2.75) is 13.8 Å². The smallest absolute Gasteiger partial charge is 0.315 e. The van der Waals surface area contributed by atoms with Crippen molar-refractivity contribution < 1.29 is 24.5 Å². The fourth-order valence-corrected chi connectivity index (χ4v) is 2.78. The van der Waals surface area contributed by atoms with Gasteiger partial charge in [-0.25, -0.2) is 0 Å². The van der Waals surface area contributed by atoms with Gasteiger partial charge in [-0.05, 0) is 25.5 Å². The molecule has 2 aromatic heterocycles. The summed E-state index contributed by atoms with van der Waals surface area (Å²) < 4.78 is 10.4. The fraction of sp³-hybridized carbons (Fsp3) is 0.188. The molecule has 0 atom stereocenters. The van der Waals surface area contributed by atoms with E-state index in [1.165, 1.54) is 20.1 Å². The van der Waals surface area contributed by atoms with Gasteiger partial charge in [0, 0.05) is 6.07 Å². The first-order valence-corrected chi connectivity index (χ1v) is 8.06. The Labute approximate surface area is 161 Å². The average Bonchev–Trinajstić information content (AvgIpc) is 3.14. The summed E-state index contributed by atoms with van der Waals surface area (Å²) in [5.41, 5.74) is -0.956. The lowest BCUT2D eigenvalue weighted by Crippen LogP contribution is -2.23. The molecule has 0 saturated heterocycles. The van der Waals surface area contributed by atoms with Crippen LogP contribution >= 0.6 is 11.6 Å². The van der Waals surface area contributed by atoms with Crippen molar-refractivity contribution in [3.63, 3.8) is 0 Å². The number of hydrogen-bond donors (Lipinski definition) is 2. The van der Waals surface area contributed by atoms with Crippen LogP contribution in [-0.4, -0.2) is 37.2 Å². The predicted octanol–water partition coefficient (Wildman–Crippen LogP) is 2.70. The van der Waals surface area contributed by atoms with Crippen LogP contribution in [0.1, 0.15) is 11.3 Å². The van der Waals surface area contributed by atoms with E-state index in [0.717, 1.165) is 6.07 Å². The molecule has 28 heavy (non-hydrogen) atoms. The van der Waals surface area contributed by atoms with Crippen molar-refractivity contribution in [3.8, 4) is 34.3 Å². The standard InChI is InChI=1S/C16H13ClN4O7/c1-6-11(16(23)20(24)7(2)12(6)17)14-18-15(28-19-14)8-4-9(21(25)26)13(22)10(5-8)27-3/h4-5,22,24H,1-3H3. The van der Waals surface area contributed by atoms with Crippen LogP contribution in [0.2, 0.25) is 5.02 Å². The summed E-state index contributed by atoms with van der Waals surface area (Å²) in [6, 6.07) is 2.29. The third-order valence-electron chi connectivity index (χ3n) is 4.11. The average molecular weight is 409 g/mol. The molecule has 11 nitrogen and oxygen atoms in total. The number of ether oxygens (including phenoxy) is 1. The second kappa shape index (κ2) is 6.85. The van der Waals surface area contributed by atoms with E-state index < -0.39 is 21.9 Å². The van der Waals surface area contributed by atoms with Gasteiger partial charge in [0.25, 0.3) is 11.4 Å². The van der Waals surface area contributed by atoms with Crippen LogP contribution < -0.4 is 10.3 Å². The highest BCUT2D eigenvalue weighted by Gasteiger charge is 2.25. The van der Waals surface area contributed by atoms with E-state index in [-0.39, 0.29) is 39.3 Å². The number of halogens is 1. The number of nitrogens with zero attached hydrogens (tertiary/aromatic N) is 4. The van der Waals surface area contributed by atoms with E-state index in [0.29, 0.717) is 10.3 Å². The highest BCUT2D eigenvalue weighted by Crippen LogP contribution is 2.40. The molecule has 0 aliphatic rings. The Balaban J connectivity index is 2.19. The SMILES string of the molecule is COc1cc(-c2nc(-c3c(C)c(Cl)c(C)n(O)c3=O)no2)cc([N+](=O)[O-])c1O. The molecule has 12 heteroatoms. The second-order valence-electron chi connectivity index (χ2n) is 5.74. The van der Waals surface area contributed by atoms with Crippen molar-refractivity contribution in [1.29, 1.82) is 0 Å². The Morgan fingerprint density at radius 3 is 2.64 bits per heavy atom. The third kappa shape index (κ3) is 2.91. The second-order valence-corrected chi connectivity index (χ2v) is 6.12. The summed E-state index contributed by atoms with van der Waals surface area (Å²) in [5.74, 6) is -1.16. The van der Waals surface area contributed by atoms with Gasteiger partial charge < -0.3 is 19.6 Å². The van der Waals surface area contributed by atoms with E-state index in [4.69, 9.17) is 20.9 Å². The van der Waals surface area contributed by atoms with Crippen molar-refractivity contribution in [1.82, 2.24) is 14.9 Å². The molecule has 1 aromatic carbocycles. The lowest BCUT2D eigenvalue weighted by atomic mass is 10.1. The van der Waals surface area contributed by atoms with Gasteiger partial charge in [-0.2, -0.15) is 9.71 Å². The van der Waals surface area contributed by atoms with Crippen molar-refractivity contribution >= 4 is 17.3 Å². The maximum atomic E-state index is 12.4. The van der Waals surface area contributed by atoms with E-state index in [2.05, 4.69) is 10.1 Å². The Hall–Kier alpha value is -3.60. The van der Waals surface area contributed by atoms with E-state index in [1.54, 1.807) is 6.92 Å². The molecule has 146 valence electrons. The largest absolute Gasteiger partial charge is 0.500 e. The van der Waals surface area contributed by atoms with Crippen molar-refractivity contribution in [3.05, 3.63) is 48.9 Å². The quantitative estimate of drug-likeness (QED) is 0.376. The maximum Gasteiger partial charge on any atom is 0.315 e. The minimum Gasteiger partial charge on any atom is -0.500 e. The van der Waals surface area contributed by atoms with Gasteiger partial charge >= 0.3 is 5.69 Å². The summed E-state index contributed by atoms with van der Waals surface area (Å²) in [6.45, 7) is 3.01. The maximum absolute atomic E-state index is 12.4. The van der Waals surface area contributed by atoms with Crippen LogP contribution in [0.3, 0.4) is 0 Å². The molecule has 0 aliphatic heterocycles. The highest BCUT2D eigenvalue weighted by atomic mass is 35.5. The number of aromatic nitrogens is 3. The first-order valence-electron chi connectivity index (χ1n) is 7.68. The molecule has 2 N–H and O–H groups in total. The Bertz CT molecular complexity index is 1170. The Kier molecular flexibility index (Phi) is 4.69. The minimum absolute atomic E-state index is 0.0836. The monoisotopic (exact) mass is 408 g/mol. The lowest BCUT2D eigenvalue weighted by Gasteiger charge is -2.09. The highest BCUT2D eigenvalue weighted by molar-refractivity contribution is 6.32. The number of benzene rings is 1. The van der Waals surface area contributed by atoms with Gasteiger partial charge in [0.15, 0.2) is 5.75 Å². The molecule has 0 saturated carbocycles. The number of phenols is 1. The summed E-state index contributed by atoms with van der Waals surface area (Å²) in [4.78, 5) is 26.8. The number of hydrogen-bond acceptors (Lipinski definition) is 9. The number of methoxy groups -OCH3 is 1. The Morgan fingerprint density at radius 1 is 1.36 bits per heavy atom. The first-order chi connectivity index (χ1) is 13.2. The zero-order chi connectivity index (χ0) is 20.7. The molecule has 3 rings (SSSR count). The zero-order valence-electron chi connectivity index (χ0n) is 14.8. The molecule has 0 unspecified atom stereocenters. The third-order valence-corrected chi connectivity index (χ3v) is 4.67. The minimum atomic E-state index is -0.805. The fourth-order valence-electron chi connectivity index (χ4n) is 2.61.